The zero-order valence-electron chi connectivity index (χ0n) is 10.8. The fourth-order valence-corrected chi connectivity index (χ4v) is 2.48. The van der Waals surface area contributed by atoms with Crippen LogP contribution in [0, 0.1) is 0 Å². The maximum absolute atomic E-state index is 11.7. The van der Waals surface area contributed by atoms with Gasteiger partial charge in [-0.1, -0.05) is 17.7 Å². The fraction of sp³-hybridized carbons (Fsp3) is 0.231. The van der Waals surface area contributed by atoms with E-state index >= 15 is 0 Å². The monoisotopic (exact) mass is 312 g/mol. The summed E-state index contributed by atoms with van der Waals surface area (Å²) < 4.78 is 6.48. The van der Waals surface area contributed by atoms with Crippen LogP contribution in [0.1, 0.15) is 15.4 Å². The van der Waals surface area contributed by atoms with E-state index < -0.39 is 5.97 Å². The first-order chi connectivity index (χ1) is 9.56. The minimum absolute atomic E-state index is 0.307. The number of hydrogen-bond donors (Lipinski definition) is 1. The largest absolute Gasteiger partial charge is 0.451 e. The van der Waals surface area contributed by atoms with E-state index in [0.29, 0.717) is 17.3 Å². The second-order valence-corrected chi connectivity index (χ2v) is 5.56. The highest BCUT2D eigenvalue weighted by Gasteiger charge is 2.14. The molecule has 0 saturated heterocycles. The molecule has 106 valence electrons. The molecule has 7 heteroatoms. The predicted octanol–water partition coefficient (Wildman–Crippen LogP) is 2.21. The molecule has 2 heterocycles. The number of ether oxygens (including phenoxy) is 1. The van der Waals surface area contributed by atoms with Gasteiger partial charge in [0.05, 0.1) is 11.6 Å². The molecule has 2 aromatic heterocycles. The number of thiophene rings is 1. The summed E-state index contributed by atoms with van der Waals surface area (Å²) in [7, 11) is 1.68. The average molecular weight is 313 g/mol. The molecule has 0 aromatic carbocycles. The van der Waals surface area contributed by atoms with E-state index in [4.69, 9.17) is 16.3 Å². The smallest absolute Gasteiger partial charge is 0.355 e. The Morgan fingerprint density at radius 2 is 2.30 bits per heavy atom. The van der Waals surface area contributed by atoms with Crippen molar-refractivity contribution in [2.75, 3.05) is 6.61 Å². The van der Waals surface area contributed by atoms with Gasteiger partial charge in [0.15, 0.2) is 6.61 Å². The lowest BCUT2D eigenvalue weighted by molar-refractivity contribution is -0.124. The Hall–Kier alpha value is -1.79. The zero-order chi connectivity index (χ0) is 14.5. The summed E-state index contributed by atoms with van der Waals surface area (Å²) >= 11 is 7.32. The molecule has 20 heavy (non-hydrogen) atoms. The molecule has 0 aliphatic heterocycles. The lowest BCUT2D eigenvalue weighted by atomic mass is 10.4. The molecule has 0 radical (unpaired) electrons. The van der Waals surface area contributed by atoms with Crippen LogP contribution in [0.5, 0.6) is 0 Å². The summed E-state index contributed by atoms with van der Waals surface area (Å²) in [6.07, 6.45) is 1.59. The van der Waals surface area contributed by atoms with Crippen molar-refractivity contribution in [3.05, 3.63) is 45.4 Å². The van der Waals surface area contributed by atoms with Crippen LogP contribution in [0.15, 0.2) is 29.8 Å². The molecule has 0 aliphatic rings. The van der Waals surface area contributed by atoms with Crippen LogP contribution in [-0.2, 0) is 23.1 Å². The van der Waals surface area contributed by atoms with Crippen molar-refractivity contribution in [3.63, 3.8) is 0 Å². The third-order valence-electron chi connectivity index (χ3n) is 2.55. The van der Waals surface area contributed by atoms with Gasteiger partial charge in [0.2, 0.25) is 0 Å². The van der Waals surface area contributed by atoms with Crippen LogP contribution in [-0.4, -0.2) is 23.1 Å². The maximum atomic E-state index is 11.7. The molecule has 0 aliphatic carbocycles. The highest BCUT2D eigenvalue weighted by atomic mass is 35.5. The summed E-state index contributed by atoms with van der Waals surface area (Å²) in [6.45, 7) is 0.122. The van der Waals surface area contributed by atoms with Crippen molar-refractivity contribution < 1.29 is 14.3 Å². The van der Waals surface area contributed by atoms with Gasteiger partial charge in [-0.15, -0.1) is 11.3 Å². The van der Waals surface area contributed by atoms with Crippen molar-refractivity contribution in [1.82, 2.24) is 9.88 Å². The van der Waals surface area contributed by atoms with E-state index in [9.17, 15) is 9.59 Å². The fourth-order valence-electron chi connectivity index (χ4n) is 1.58. The van der Waals surface area contributed by atoms with Gasteiger partial charge in [-0.2, -0.15) is 0 Å². The molecule has 1 N–H and O–H groups in total. The molecule has 5 nitrogen and oxygen atoms in total. The summed E-state index contributed by atoms with van der Waals surface area (Å²) in [5.41, 5.74) is 0.307. The van der Waals surface area contributed by atoms with Crippen LogP contribution in [0.25, 0.3) is 0 Å². The standard InChI is InChI=1S/C13H13ClN2O3S/c1-16-7-9(14)5-11(16)13(18)19-8-12(17)15-6-10-3-2-4-20-10/h2-5,7H,6,8H2,1H3,(H,15,17). The summed E-state index contributed by atoms with van der Waals surface area (Å²) in [5.74, 6) is -0.919. The van der Waals surface area contributed by atoms with Crippen LogP contribution in [0.2, 0.25) is 5.02 Å². The van der Waals surface area contributed by atoms with Gasteiger partial charge in [-0.25, -0.2) is 4.79 Å². The number of nitrogens with zero attached hydrogens (tertiary/aromatic N) is 1. The minimum atomic E-state index is -0.578. The molecule has 1 amide bonds. The Bertz CT molecular complexity index is 607. The molecule has 0 spiro atoms. The Labute approximate surface area is 125 Å². The molecular formula is C13H13ClN2O3S. The van der Waals surface area contributed by atoms with E-state index in [-0.39, 0.29) is 12.5 Å². The van der Waals surface area contributed by atoms with Crippen molar-refractivity contribution in [2.24, 2.45) is 7.05 Å². The van der Waals surface area contributed by atoms with E-state index in [2.05, 4.69) is 5.32 Å². The highest BCUT2D eigenvalue weighted by molar-refractivity contribution is 7.09. The Kier molecular flexibility index (Phi) is 4.81. The Balaban J connectivity index is 1.78. The number of aryl methyl sites for hydroxylation is 1. The number of halogens is 1. The lowest BCUT2D eigenvalue weighted by Crippen LogP contribution is -2.28. The first-order valence-electron chi connectivity index (χ1n) is 5.84. The number of aromatic nitrogens is 1. The number of esters is 1. The Morgan fingerprint density at radius 1 is 1.50 bits per heavy atom. The summed E-state index contributed by atoms with van der Waals surface area (Å²) in [6, 6.07) is 5.32. The van der Waals surface area contributed by atoms with Crippen LogP contribution >= 0.6 is 22.9 Å². The summed E-state index contributed by atoms with van der Waals surface area (Å²) in [5, 5.41) is 5.05. The molecule has 0 fully saturated rings. The average Bonchev–Trinajstić information content (AvgIpc) is 3.03. The second kappa shape index (κ2) is 6.58. The first-order valence-corrected chi connectivity index (χ1v) is 7.10. The third-order valence-corrected chi connectivity index (χ3v) is 3.64. The Morgan fingerprint density at radius 3 is 2.90 bits per heavy atom. The molecule has 0 bridgehead atoms. The summed E-state index contributed by atoms with van der Waals surface area (Å²) in [4.78, 5) is 24.3. The SMILES string of the molecule is Cn1cc(Cl)cc1C(=O)OCC(=O)NCc1cccs1. The normalized spacial score (nSPS) is 10.3. The predicted molar refractivity (Wildman–Crippen MR) is 76.9 cm³/mol. The van der Waals surface area contributed by atoms with Crippen molar-refractivity contribution >= 4 is 34.8 Å². The number of rotatable bonds is 5. The van der Waals surface area contributed by atoms with Gasteiger partial charge in [0.1, 0.15) is 5.69 Å². The molecular weight excluding hydrogens is 300 g/mol. The molecule has 2 aromatic rings. The van der Waals surface area contributed by atoms with Gasteiger partial charge >= 0.3 is 5.97 Å². The van der Waals surface area contributed by atoms with Gasteiger partial charge in [-0.3, -0.25) is 4.79 Å². The number of amides is 1. The zero-order valence-corrected chi connectivity index (χ0v) is 12.3. The minimum Gasteiger partial charge on any atom is -0.451 e. The first kappa shape index (κ1) is 14.6. The van der Waals surface area contributed by atoms with Crippen molar-refractivity contribution in [2.45, 2.75) is 6.54 Å². The third kappa shape index (κ3) is 3.85. The van der Waals surface area contributed by atoms with Gasteiger partial charge in [0, 0.05) is 18.1 Å². The van der Waals surface area contributed by atoms with Gasteiger partial charge in [-0.05, 0) is 17.5 Å². The van der Waals surface area contributed by atoms with Gasteiger partial charge in [0.25, 0.3) is 5.91 Å². The molecule has 2 rings (SSSR count). The quantitative estimate of drug-likeness (QED) is 0.861. The van der Waals surface area contributed by atoms with Crippen LogP contribution in [0.3, 0.4) is 0 Å². The molecule has 0 atom stereocenters. The van der Waals surface area contributed by atoms with E-state index in [1.807, 2.05) is 17.5 Å². The molecule has 0 unspecified atom stereocenters. The van der Waals surface area contributed by atoms with E-state index in [1.165, 1.54) is 6.07 Å². The van der Waals surface area contributed by atoms with Crippen molar-refractivity contribution in [1.29, 1.82) is 0 Å². The van der Waals surface area contributed by atoms with Crippen LogP contribution < -0.4 is 5.32 Å². The van der Waals surface area contributed by atoms with Crippen molar-refractivity contribution in [3.8, 4) is 0 Å². The van der Waals surface area contributed by atoms with Gasteiger partial charge < -0.3 is 14.6 Å². The number of carbonyl (C=O) groups is 2. The number of hydrogen-bond acceptors (Lipinski definition) is 4. The molecule has 0 saturated carbocycles. The highest BCUT2D eigenvalue weighted by Crippen LogP contribution is 2.13. The second-order valence-electron chi connectivity index (χ2n) is 4.09. The van der Waals surface area contributed by atoms with E-state index in [0.717, 1.165) is 4.88 Å². The van der Waals surface area contributed by atoms with E-state index in [1.54, 1.807) is 29.1 Å². The number of carbonyl (C=O) groups excluding carboxylic acids is 2. The topological polar surface area (TPSA) is 60.3 Å². The maximum Gasteiger partial charge on any atom is 0.355 e. The lowest BCUT2D eigenvalue weighted by Gasteiger charge is -2.06. The number of nitrogens with one attached hydrogen (secondary N) is 1. The van der Waals surface area contributed by atoms with Crippen LogP contribution in [0.4, 0.5) is 0 Å².